The topological polar surface area (TPSA) is 74.8 Å². The van der Waals surface area contributed by atoms with Crippen LogP contribution in [0, 0.1) is 5.82 Å². The number of rotatable bonds is 6. The van der Waals surface area contributed by atoms with E-state index in [9.17, 15) is 14.0 Å². The molecule has 0 bridgehead atoms. The Hall–Kier alpha value is -3.65. The first-order valence-corrected chi connectivity index (χ1v) is 10.8. The van der Waals surface area contributed by atoms with Crippen molar-refractivity contribution in [3.8, 4) is 5.75 Å². The molecule has 170 valence electrons. The summed E-state index contributed by atoms with van der Waals surface area (Å²) < 4.78 is 18.5. The lowest BCUT2D eigenvalue weighted by Gasteiger charge is -2.35. The number of nitrogens with zero attached hydrogens (tertiary/aromatic N) is 3. The van der Waals surface area contributed by atoms with Gasteiger partial charge >= 0.3 is 0 Å². The van der Waals surface area contributed by atoms with Crippen LogP contribution in [0.3, 0.4) is 0 Å². The molecular formula is C24H22ClFN4O3. The lowest BCUT2D eigenvalue weighted by atomic mass is 10.2. The number of ether oxygens (including phenoxy) is 1. The number of aromatic nitrogens is 1. The molecule has 1 aliphatic rings. The molecule has 9 heteroatoms. The van der Waals surface area contributed by atoms with Gasteiger partial charge in [-0.1, -0.05) is 11.6 Å². The molecule has 2 aromatic carbocycles. The fourth-order valence-corrected chi connectivity index (χ4v) is 3.56. The normalized spacial score (nSPS) is 13.5. The van der Waals surface area contributed by atoms with Gasteiger partial charge in [-0.2, -0.15) is 0 Å². The van der Waals surface area contributed by atoms with E-state index in [1.54, 1.807) is 41.4 Å². The van der Waals surface area contributed by atoms with Crippen molar-refractivity contribution < 1.29 is 18.7 Å². The third kappa shape index (κ3) is 5.98. The quantitative estimate of drug-likeness (QED) is 0.594. The van der Waals surface area contributed by atoms with E-state index in [2.05, 4.69) is 15.2 Å². The molecule has 1 N–H and O–H groups in total. The molecule has 33 heavy (non-hydrogen) atoms. The summed E-state index contributed by atoms with van der Waals surface area (Å²) in [5, 5.41) is 3.34. The van der Waals surface area contributed by atoms with Crippen LogP contribution in [0.5, 0.6) is 5.75 Å². The molecule has 1 saturated heterocycles. The zero-order valence-electron chi connectivity index (χ0n) is 17.7. The van der Waals surface area contributed by atoms with Gasteiger partial charge in [-0.05, 0) is 60.7 Å². The Labute approximate surface area is 195 Å². The van der Waals surface area contributed by atoms with E-state index < -0.39 is 0 Å². The van der Waals surface area contributed by atoms with Gasteiger partial charge in [0.05, 0.1) is 11.9 Å². The van der Waals surface area contributed by atoms with Gasteiger partial charge in [0.15, 0.2) is 6.61 Å². The number of carbonyl (C=O) groups is 2. The third-order valence-electron chi connectivity index (χ3n) is 5.20. The van der Waals surface area contributed by atoms with Crippen molar-refractivity contribution in [2.45, 2.75) is 0 Å². The number of pyridine rings is 1. The van der Waals surface area contributed by atoms with E-state index in [-0.39, 0.29) is 24.2 Å². The monoisotopic (exact) mass is 468 g/mol. The van der Waals surface area contributed by atoms with Crippen LogP contribution in [0.25, 0.3) is 0 Å². The Bertz CT molecular complexity index is 1100. The van der Waals surface area contributed by atoms with Crippen LogP contribution in [-0.4, -0.2) is 54.5 Å². The first-order chi connectivity index (χ1) is 16.0. The van der Waals surface area contributed by atoms with Gasteiger partial charge in [0, 0.05) is 36.8 Å². The zero-order chi connectivity index (χ0) is 23.2. The predicted octanol–water partition coefficient (Wildman–Crippen LogP) is 3.85. The van der Waals surface area contributed by atoms with Crippen molar-refractivity contribution in [2.24, 2.45) is 0 Å². The summed E-state index contributed by atoms with van der Waals surface area (Å²) in [5.74, 6) is 0.546. The number of benzene rings is 2. The summed E-state index contributed by atoms with van der Waals surface area (Å²) in [6.07, 6.45) is 1.59. The van der Waals surface area contributed by atoms with Crippen LogP contribution in [0.2, 0.25) is 5.02 Å². The highest BCUT2D eigenvalue weighted by Gasteiger charge is 2.23. The average Bonchev–Trinajstić information content (AvgIpc) is 2.84. The highest BCUT2D eigenvalue weighted by molar-refractivity contribution is 6.30. The van der Waals surface area contributed by atoms with Gasteiger partial charge in [0.25, 0.3) is 11.8 Å². The minimum absolute atomic E-state index is 0.110. The highest BCUT2D eigenvalue weighted by Crippen LogP contribution is 2.18. The molecule has 0 unspecified atom stereocenters. The van der Waals surface area contributed by atoms with Crippen molar-refractivity contribution in [3.63, 3.8) is 0 Å². The Kier molecular flexibility index (Phi) is 7.04. The molecule has 1 aromatic heterocycles. The zero-order valence-corrected chi connectivity index (χ0v) is 18.5. The molecule has 0 atom stereocenters. The van der Waals surface area contributed by atoms with E-state index in [0.29, 0.717) is 48.2 Å². The third-order valence-corrected chi connectivity index (χ3v) is 5.45. The van der Waals surface area contributed by atoms with Crippen LogP contribution >= 0.6 is 11.6 Å². The first-order valence-electron chi connectivity index (χ1n) is 10.4. The second-order valence-electron chi connectivity index (χ2n) is 7.48. The highest BCUT2D eigenvalue weighted by atomic mass is 35.5. The number of amides is 2. The predicted molar refractivity (Wildman–Crippen MR) is 124 cm³/mol. The summed E-state index contributed by atoms with van der Waals surface area (Å²) in [7, 11) is 0. The van der Waals surface area contributed by atoms with Crippen LogP contribution in [0.15, 0.2) is 66.9 Å². The summed E-state index contributed by atoms with van der Waals surface area (Å²) >= 11 is 5.83. The Morgan fingerprint density at radius 3 is 2.30 bits per heavy atom. The van der Waals surface area contributed by atoms with Gasteiger partial charge in [-0.15, -0.1) is 0 Å². The molecule has 4 rings (SSSR count). The minimum Gasteiger partial charge on any atom is -0.484 e. The van der Waals surface area contributed by atoms with Crippen molar-refractivity contribution in [1.82, 2.24) is 9.88 Å². The van der Waals surface area contributed by atoms with Crippen molar-refractivity contribution in [1.29, 1.82) is 0 Å². The molecule has 3 aromatic rings. The van der Waals surface area contributed by atoms with E-state index in [4.69, 9.17) is 16.3 Å². The van der Waals surface area contributed by atoms with Gasteiger partial charge in [-0.3, -0.25) is 9.59 Å². The molecule has 0 spiro atoms. The number of halogens is 2. The maximum absolute atomic E-state index is 13.1. The van der Waals surface area contributed by atoms with Gasteiger partial charge in [0.1, 0.15) is 17.4 Å². The Morgan fingerprint density at radius 1 is 0.970 bits per heavy atom. The maximum Gasteiger partial charge on any atom is 0.262 e. The summed E-state index contributed by atoms with van der Waals surface area (Å²) in [4.78, 5) is 32.9. The Morgan fingerprint density at radius 2 is 1.67 bits per heavy atom. The van der Waals surface area contributed by atoms with Gasteiger partial charge in [0.2, 0.25) is 0 Å². The number of nitrogens with one attached hydrogen (secondary N) is 1. The maximum atomic E-state index is 13.1. The summed E-state index contributed by atoms with van der Waals surface area (Å²) in [6, 6.07) is 15.9. The second kappa shape index (κ2) is 10.3. The summed E-state index contributed by atoms with van der Waals surface area (Å²) in [5.41, 5.74) is 1.04. The molecule has 2 amide bonds. The molecule has 7 nitrogen and oxygen atoms in total. The minimum atomic E-state index is -0.365. The first kappa shape index (κ1) is 22.5. The van der Waals surface area contributed by atoms with Crippen LogP contribution in [0.1, 0.15) is 10.4 Å². The van der Waals surface area contributed by atoms with Crippen LogP contribution in [0.4, 0.5) is 15.9 Å². The fourth-order valence-electron chi connectivity index (χ4n) is 3.44. The largest absolute Gasteiger partial charge is 0.484 e. The lowest BCUT2D eigenvalue weighted by Crippen LogP contribution is -2.49. The summed E-state index contributed by atoms with van der Waals surface area (Å²) in [6.45, 7) is 2.20. The van der Waals surface area contributed by atoms with E-state index >= 15 is 0 Å². The van der Waals surface area contributed by atoms with Crippen molar-refractivity contribution >= 4 is 34.9 Å². The number of piperazine rings is 1. The number of hydrogen-bond donors (Lipinski definition) is 1. The molecule has 0 saturated carbocycles. The molecule has 0 aliphatic carbocycles. The average molecular weight is 469 g/mol. The number of hydrogen-bond acceptors (Lipinski definition) is 5. The van der Waals surface area contributed by atoms with Crippen LogP contribution in [-0.2, 0) is 4.79 Å². The molecule has 0 radical (unpaired) electrons. The SMILES string of the molecule is O=C(COc1ccc(Cl)cc1)Nc1ccc(N2CCN(C(=O)c3ccc(F)cc3)CC2)nc1. The number of carbonyl (C=O) groups excluding carboxylic acids is 2. The molecular weight excluding hydrogens is 447 g/mol. The molecule has 1 fully saturated rings. The van der Waals surface area contributed by atoms with Crippen LogP contribution < -0.4 is 15.0 Å². The second-order valence-corrected chi connectivity index (χ2v) is 7.92. The van der Waals surface area contributed by atoms with Crippen molar-refractivity contribution in [2.75, 3.05) is 43.0 Å². The Balaban J connectivity index is 1.25. The lowest BCUT2D eigenvalue weighted by molar-refractivity contribution is -0.118. The van der Waals surface area contributed by atoms with E-state index in [1.165, 1.54) is 24.3 Å². The van der Waals surface area contributed by atoms with Crippen molar-refractivity contribution in [3.05, 3.63) is 83.3 Å². The number of anilines is 2. The van der Waals surface area contributed by atoms with Gasteiger partial charge in [-0.25, -0.2) is 9.37 Å². The van der Waals surface area contributed by atoms with E-state index in [0.717, 1.165) is 5.82 Å². The standard InChI is InChI=1S/C24H22ClFN4O3/c25-18-3-8-21(9-4-18)33-16-23(31)28-20-7-10-22(27-15-20)29-11-13-30(14-12-29)24(32)17-1-5-19(26)6-2-17/h1-10,15H,11-14,16H2,(H,28,31). The van der Waals surface area contributed by atoms with E-state index in [1.807, 2.05) is 6.07 Å². The molecule has 2 heterocycles. The smallest absolute Gasteiger partial charge is 0.262 e. The fraction of sp³-hybridized carbons (Fsp3) is 0.208. The van der Waals surface area contributed by atoms with Gasteiger partial charge < -0.3 is 19.9 Å². The molecule has 1 aliphatic heterocycles.